The van der Waals surface area contributed by atoms with Gasteiger partial charge in [-0.05, 0) is 42.2 Å². The van der Waals surface area contributed by atoms with Crippen molar-refractivity contribution in [2.75, 3.05) is 5.32 Å². The van der Waals surface area contributed by atoms with Crippen LogP contribution < -0.4 is 5.32 Å². The predicted molar refractivity (Wildman–Crippen MR) is 99.0 cm³/mol. The second-order valence-electron chi connectivity index (χ2n) is 6.39. The number of benzene rings is 1. The molecule has 0 aliphatic heterocycles. The number of H-pyrrole nitrogens is 2. The van der Waals surface area contributed by atoms with E-state index in [0.717, 1.165) is 34.2 Å². The Labute approximate surface area is 144 Å². The van der Waals surface area contributed by atoms with E-state index in [2.05, 4.69) is 57.3 Å². The van der Waals surface area contributed by atoms with E-state index in [-0.39, 0.29) is 0 Å². The average Bonchev–Trinajstić information content (AvgIpc) is 3.10. The van der Waals surface area contributed by atoms with Gasteiger partial charge in [0.2, 0.25) is 5.95 Å². The summed E-state index contributed by atoms with van der Waals surface area (Å²) < 4.78 is 0. The molecule has 0 aliphatic carbocycles. The number of aromatic amines is 2. The van der Waals surface area contributed by atoms with Gasteiger partial charge in [-0.3, -0.25) is 0 Å². The summed E-state index contributed by atoms with van der Waals surface area (Å²) >= 11 is 6.00. The Hall–Kier alpha value is -2.53. The maximum atomic E-state index is 6.00. The SMILES string of the molecule is CC(C)Cc1ccc2[nH]c(Nc3c[nH]c4ccc(Cl)nc34)nc2c1. The summed E-state index contributed by atoms with van der Waals surface area (Å²) in [5.41, 5.74) is 5.84. The fourth-order valence-electron chi connectivity index (χ4n) is 2.91. The molecule has 3 N–H and O–H groups in total. The molecule has 0 aliphatic rings. The van der Waals surface area contributed by atoms with Crippen LogP contribution in [0.15, 0.2) is 36.5 Å². The van der Waals surface area contributed by atoms with Crippen LogP contribution in [0, 0.1) is 5.92 Å². The number of anilines is 2. The van der Waals surface area contributed by atoms with Gasteiger partial charge in [0.25, 0.3) is 0 Å². The zero-order chi connectivity index (χ0) is 16.7. The lowest BCUT2D eigenvalue weighted by Crippen LogP contribution is -1.93. The second kappa shape index (κ2) is 5.83. The Morgan fingerprint density at radius 3 is 2.79 bits per heavy atom. The molecule has 1 aromatic carbocycles. The van der Waals surface area contributed by atoms with E-state index in [9.17, 15) is 0 Å². The molecule has 4 rings (SSSR count). The molecule has 0 atom stereocenters. The van der Waals surface area contributed by atoms with Crippen molar-refractivity contribution in [3.63, 3.8) is 0 Å². The second-order valence-corrected chi connectivity index (χ2v) is 6.78. The summed E-state index contributed by atoms with van der Waals surface area (Å²) in [6, 6.07) is 10.0. The van der Waals surface area contributed by atoms with Crippen LogP contribution in [0.1, 0.15) is 19.4 Å². The number of hydrogen-bond donors (Lipinski definition) is 3. The van der Waals surface area contributed by atoms with Crippen molar-refractivity contribution >= 4 is 45.3 Å². The third-order valence-corrected chi connectivity index (χ3v) is 4.14. The summed E-state index contributed by atoms with van der Waals surface area (Å²) in [4.78, 5) is 15.5. The van der Waals surface area contributed by atoms with Gasteiger partial charge in [0, 0.05) is 6.20 Å². The van der Waals surface area contributed by atoms with Gasteiger partial charge < -0.3 is 15.3 Å². The van der Waals surface area contributed by atoms with Crippen molar-refractivity contribution in [2.24, 2.45) is 5.92 Å². The van der Waals surface area contributed by atoms with Crippen LogP contribution in [0.2, 0.25) is 5.15 Å². The lowest BCUT2D eigenvalue weighted by molar-refractivity contribution is 0.648. The van der Waals surface area contributed by atoms with Crippen LogP contribution in [-0.2, 0) is 6.42 Å². The largest absolute Gasteiger partial charge is 0.358 e. The van der Waals surface area contributed by atoms with Crippen molar-refractivity contribution in [3.05, 3.63) is 47.2 Å². The highest BCUT2D eigenvalue weighted by atomic mass is 35.5. The molecule has 5 nitrogen and oxygen atoms in total. The number of pyridine rings is 1. The molecule has 0 unspecified atom stereocenters. The summed E-state index contributed by atoms with van der Waals surface area (Å²) in [5, 5.41) is 3.75. The van der Waals surface area contributed by atoms with Crippen LogP contribution in [0.4, 0.5) is 11.6 Å². The molecule has 0 radical (unpaired) electrons. The van der Waals surface area contributed by atoms with Crippen LogP contribution >= 0.6 is 11.6 Å². The molecule has 24 heavy (non-hydrogen) atoms. The zero-order valence-corrected chi connectivity index (χ0v) is 14.3. The lowest BCUT2D eigenvalue weighted by atomic mass is 10.0. The van der Waals surface area contributed by atoms with E-state index in [1.807, 2.05) is 12.3 Å². The highest BCUT2D eigenvalue weighted by molar-refractivity contribution is 6.29. The van der Waals surface area contributed by atoms with Crippen molar-refractivity contribution in [2.45, 2.75) is 20.3 Å². The topological polar surface area (TPSA) is 69.4 Å². The van der Waals surface area contributed by atoms with Crippen molar-refractivity contribution in [3.8, 4) is 0 Å². The lowest BCUT2D eigenvalue weighted by Gasteiger charge is -2.03. The van der Waals surface area contributed by atoms with Crippen molar-refractivity contribution in [1.29, 1.82) is 0 Å². The number of rotatable bonds is 4. The summed E-state index contributed by atoms with van der Waals surface area (Å²) in [5.74, 6) is 1.32. The van der Waals surface area contributed by atoms with Crippen LogP contribution in [0.3, 0.4) is 0 Å². The molecule has 0 amide bonds. The van der Waals surface area contributed by atoms with Gasteiger partial charge in [0.1, 0.15) is 10.7 Å². The smallest absolute Gasteiger partial charge is 0.205 e. The number of nitrogens with zero attached hydrogens (tertiary/aromatic N) is 2. The fraction of sp³-hybridized carbons (Fsp3) is 0.222. The summed E-state index contributed by atoms with van der Waals surface area (Å²) in [6.45, 7) is 4.44. The first-order valence-electron chi connectivity index (χ1n) is 7.98. The predicted octanol–water partition coefficient (Wildman–Crippen LogP) is 5.03. The first kappa shape index (κ1) is 15.0. The fourth-order valence-corrected chi connectivity index (χ4v) is 3.05. The van der Waals surface area contributed by atoms with E-state index < -0.39 is 0 Å². The summed E-state index contributed by atoms with van der Waals surface area (Å²) in [6.07, 6.45) is 2.92. The van der Waals surface area contributed by atoms with Gasteiger partial charge in [0.15, 0.2) is 0 Å². The molecule has 6 heteroatoms. The maximum absolute atomic E-state index is 6.00. The van der Waals surface area contributed by atoms with E-state index >= 15 is 0 Å². The Morgan fingerprint density at radius 2 is 1.96 bits per heavy atom. The van der Waals surface area contributed by atoms with Gasteiger partial charge in [-0.25, -0.2) is 9.97 Å². The van der Waals surface area contributed by atoms with Gasteiger partial charge >= 0.3 is 0 Å². The number of halogens is 1. The Bertz CT molecular complexity index is 1010. The normalized spacial score (nSPS) is 11.7. The Kier molecular flexibility index (Phi) is 3.65. The number of imidazole rings is 1. The van der Waals surface area contributed by atoms with Crippen LogP contribution in [-0.4, -0.2) is 19.9 Å². The Balaban J connectivity index is 1.67. The van der Waals surface area contributed by atoms with Crippen molar-refractivity contribution < 1.29 is 0 Å². The third-order valence-electron chi connectivity index (χ3n) is 3.93. The number of fused-ring (bicyclic) bond motifs is 2. The minimum Gasteiger partial charge on any atom is -0.358 e. The molecule has 4 aromatic rings. The maximum Gasteiger partial charge on any atom is 0.205 e. The molecular formula is C18H18ClN5. The molecular weight excluding hydrogens is 322 g/mol. The average molecular weight is 340 g/mol. The highest BCUT2D eigenvalue weighted by Crippen LogP contribution is 2.26. The summed E-state index contributed by atoms with van der Waals surface area (Å²) in [7, 11) is 0. The molecule has 0 saturated carbocycles. The third kappa shape index (κ3) is 2.83. The zero-order valence-electron chi connectivity index (χ0n) is 13.5. The van der Waals surface area contributed by atoms with Gasteiger partial charge in [-0.2, -0.15) is 0 Å². The molecule has 3 aromatic heterocycles. The van der Waals surface area contributed by atoms with Gasteiger partial charge in [-0.15, -0.1) is 0 Å². The Morgan fingerprint density at radius 1 is 1.12 bits per heavy atom. The number of nitrogens with one attached hydrogen (secondary N) is 3. The first-order valence-corrected chi connectivity index (χ1v) is 8.35. The standard InChI is InChI=1S/C18H18ClN5/c1-10(2)7-11-3-4-12-14(8-11)22-18(21-12)23-15-9-20-13-5-6-16(19)24-17(13)15/h3-6,8-10,20H,7H2,1-2H3,(H2,21,22,23). The quantitative estimate of drug-likeness (QED) is 0.456. The molecule has 0 saturated heterocycles. The minimum absolute atomic E-state index is 0.466. The molecule has 0 fully saturated rings. The van der Waals surface area contributed by atoms with Crippen LogP contribution in [0.5, 0.6) is 0 Å². The minimum atomic E-state index is 0.466. The first-order chi connectivity index (χ1) is 11.6. The number of hydrogen-bond acceptors (Lipinski definition) is 3. The monoisotopic (exact) mass is 339 g/mol. The van der Waals surface area contributed by atoms with E-state index in [1.165, 1.54) is 5.56 Å². The molecule has 3 heterocycles. The van der Waals surface area contributed by atoms with E-state index in [1.54, 1.807) is 6.07 Å². The van der Waals surface area contributed by atoms with Gasteiger partial charge in [-0.1, -0.05) is 31.5 Å². The number of aromatic nitrogens is 4. The van der Waals surface area contributed by atoms with E-state index in [4.69, 9.17) is 11.6 Å². The van der Waals surface area contributed by atoms with E-state index in [0.29, 0.717) is 17.0 Å². The molecule has 0 spiro atoms. The molecule has 122 valence electrons. The van der Waals surface area contributed by atoms with Crippen LogP contribution in [0.25, 0.3) is 22.1 Å². The molecule has 0 bridgehead atoms. The van der Waals surface area contributed by atoms with Crippen molar-refractivity contribution in [1.82, 2.24) is 19.9 Å². The van der Waals surface area contributed by atoms with Gasteiger partial charge in [0.05, 0.1) is 22.2 Å². The highest BCUT2D eigenvalue weighted by Gasteiger charge is 2.09.